The molecule has 0 saturated carbocycles. The molecule has 3 aromatic carbocycles. The van der Waals surface area contributed by atoms with E-state index in [1.54, 1.807) is 54.6 Å². The van der Waals surface area contributed by atoms with Crippen molar-refractivity contribution in [3.05, 3.63) is 94.8 Å². The van der Waals surface area contributed by atoms with Crippen molar-refractivity contribution in [2.45, 2.75) is 0 Å². The van der Waals surface area contributed by atoms with E-state index in [0.29, 0.717) is 28.1 Å². The summed E-state index contributed by atoms with van der Waals surface area (Å²) >= 11 is 0. The number of amides is 1. The van der Waals surface area contributed by atoms with E-state index in [9.17, 15) is 9.59 Å². The molecule has 4 rings (SSSR count). The van der Waals surface area contributed by atoms with Gasteiger partial charge in [-0.1, -0.05) is 42.5 Å². The highest BCUT2D eigenvalue weighted by molar-refractivity contribution is 6.06. The van der Waals surface area contributed by atoms with Crippen LogP contribution in [0.1, 0.15) is 10.4 Å². The molecule has 0 radical (unpaired) electrons. The Hall–Kier alpha value is -3.86. The number of hydrogen-bond acceptors (Lipinski definition) is 4. The lowest BCUT2D eigenvalue weighted by Gasteiger charge is -2.09. The molecular weight excluding hydrogens is 354 g/mol. The molecule has 0 unspecified atom stereocenters. The molecule has 4 aromatic rings. The first-order chi connectivity index (χ1) is 13.7. The summed E-state index contributed by atoms with van der Waals surface area (Å²) in [6.45, 7) is 0. The minimum atomic E-state index is -0.399. The van der Waals surface area contributed by atoms with Crippen molar-refractivity contribution in [3.8, 4) is 16.9 Å². The molecule has 1 N–H and O–H groups in total. The summed E-state index contributed by atoms with van der Waals surface area (Å²) in [7, 11) is 1.52. The standard InChI is InChI=1S/C23H17NO4/c1-27-21-9-5-3-7-18(21)22(25)24-17-12-10-15(11-13-17)19-14-16-6-2-4-8-20(16)28-23(19)26/h2-14H,1H3,(H,24,25). The van der Waals surface area contributed by atoms with Crippen LogP contribution in [0.15, 0.2) is 88.1 Å². The normalized spacial score (nSPS) is 10.6. The quantitative estimate of drug-likeness (QED) is 0.527. The second-order valence-corrected chi connectivity index (χ2v) is 6.22. The van der Waals surface area contributed by atoms with Crippen LogP contribution in [-0.4, -0.2) is 13.0 Å². The Labute approximate surface area is 161 Å². The Morgan fingerprint density at radius 2 is 1.64 bits per heavy atom. The molecule has 1 heterocycles. The fourth-order valence-electron chi connectivity index (χ4n) is 3.03. The van der Waals surface area contributed by atoms with Crippen molar-refractivity contribution < 1.29 is 13.9 Å². The molecule has 0 spiro atoms. The summed E-state index contributed by atoms with van der Waals surface area (Å²) in [6.07, 6.45) is 0. The Bertz CT molecular complexity index is 1210. The van der Waals surface area contributed by atoms with Gasteiger partial charge in [-0.2, -0.15) is 0 Å². The molecule has 1 amide bonds. The fraction of sp³-hybridized carbons (Fsp3) is 0.0435. The highest BCUT2D eigenvalue weighted by Gasteiger charge is 2.12. The van der Waals surface area contributed by atoms with Gasteiger partial charge in [-0.15, -0.1) is 0 Å². The minimum absolute atomic E-state index is 0.268. The van der Waals surface area contributed by atoms with Crippen molar-refractivity contribution >= 4 is 22.6 Å². The summed E-state index contributed by atoms with van der Waals surface area (Å²) in [5, 5.41) is 3.69. The maximum absolute atomic E-state index is 12.5. The van der Waals surface area contributed by atoms with Crippen LogP contribution < -0.4 is 15.7 Å². The van der Waals surface area contributed by atoms with Gasteiger partial charge in [0.1, 0.15) is 11.3 Å². The summed E-state index contributed by atoms with van der Waals surface area (Å²) in [5.41, 5.74) is 2.41. The molecule has 0 fully saturated rings. The van der Waals surface area contributed by atoms with Gasteiger partial charge in [0.25, 0.3) is 5.91 Å². The lowest BCUT2D eigenvalue weighted by molar-refractivity contribution is 0.102. The minimum Gasteiger partial charge on any atom is -0.496 e. The Morgan fingerprint density at radius 1 is 0.929 bits per heavy atom. The Balaban J connectivity index is 1.60. The largest absolute Gasteiger partial charge is 0.496 e. The number of hydrogen-bond donors (Lipinski definition) is 1. The number of benzene rings is 3. The molecule has 0 atom stereocenters. The van der Waals surface area contributed by atoms with Crippen molar-refractivity contribution in [1.29, 1.82) is 0 Å². The SMILES string of the molecule is COc1ccccc1C(=O)Nc1ccc(-c2cc3ccccc3oc2=O)cc1. The van der Waals surface area contributed by atoms with Gasteiger partial charge in [0.2, 0.25) is 0 Å². The predicted octanol–water partition coefficient (Wildman–Crippen LogP) is 4.72. The molecular formula is C23H17NO4. The lowest BCUT2D eigenvalue weighted by atomic mass is 10.1. The van der Waals surface area contributed by atoms with E-state index in [-0.39, 0.29) is 5.91 Å². The third-order valence-electron chi connectivity index (χ3n) is 4.45. The first kappa shape index (κ1) is 17.5. The van der Waals surface area contributed by atoms with Gasteiger partial charge in [0.05, 0.1) is 18.2 Å². The number of anilines is 1. The van der Waals surface area contributed by atoms with E-state index in [2.05, 4.69) is 5.32 Å². The first-order valence-electron chi connectivity index (χ1n) is 8.73. The zero-order valence-corrected chi connectivity index (χ0v) is 15.1. The van der Waals surface area contributed by atoms with E-state index in [4.69, 9.17) is 9.15 Å². The van der Waals surface area contributed by atoms with Gasteiger partial charge in [-0.25, -0.2) is 4.79 Å². The zero-order valence-electron chi connectivity index (χ0n) is 15.1. The fourth-order valence-corrected chi connectivity index (χ4v) is 3.03. The van der Waals surface area contributed by atoms with Gasteiger partial charge in [0.15, 0.2) is 0 Å². The van der Waals surface area contributed by atoms with E-state index in [1.807, 2.05) is 24.3 Å². The van der Waals surface area contributed by atoms with Crippen LogP contribution in [0.5, 0.6) is 5.75 Å². The monoisotopic (exact) mass is 371 g/mol. The first-order valence-corrected chi connectivity index (χ1v) is 8.73. The van der Waals surface area contributed by atoms with Gasteiger partial charge in [0, 0.05) is 11.1 Å². The van der Waals surface area contributed by atoms with Crippen molar-refractivity contribution in [2.75, 3.05) is 12.4 Å². The van der Waals surface area contributed by atoms with Crippen LogP contribution in [0.2, 0.25) is 0 Å². The van der Waals surface area contributed by atoms with Gasteiger partial charge < -0.3 is 14.5 Å². The molecule has 138 valence electrons. The maximum atomic E-state index is 12.5. The van der Waals surface area contributed by atoms with Gasteiger partial charge in [-0.05, 0) is 42.0 Å². The van der Waals surface area contributed by atoms with Crippen molar-refractivity contribution in [2.24, 2.45) is 0 Å². The second kappa shape index (κ2) is 7.40. The van der Waals surface area contributed by atoms with Crippen LogP contribution >= 0.6 is 0 Å². The summed E-state index contributed by atoms with van der Waals surface area (Å²) in [5.74, 6) is 0.237. The number of carbonyl (C=O) groups excluding carboxylic acids is 1. The van der Waals surface area contributed by atoms with Crippen LogP contribution in [-0.2, 0) is 0 Å². The average molecular weight is 371 g/mol. The molecule has 5 nitrogen and oxygen atoms in total. The number of methoxy groups -OCH3 is 1. The third kappa shape index (κ3) is 3.38. The van der Waals surface area contributed by atoms with Crippen molar-refractivity contribution in [3.63, 3.8) is 0 Å². The molecule has 1 aromatic heterocycles. The summed E-state index contributed by atoms with van der Waals surface area (Å²) < 4.78 is 10.6. The molecule has 0 aliphatic carbocycles. The second-order valence-electron chi connectivity index (χ2n) is 6.22. The number of nitrogens with one attached hydrogen (secondary N) is 1. The number of carbonyl (C=O) groups is 1. The van der Waals surface area contributed by atoms with E-state index < -0.39 is 5.63 Å². The Kier molecular flexibility index (Phi) is 4.64. The lowest BCUT2D eigenvalue weighted by Crippen LogP contribution is -2.13. The van der Waals surface area contributed by atoms with E-state index in [1.165, 1.54) is 7.11 Å². The number of para-hydroxylation sites is 2. The molecule has 0 bridgehead atoms. The summed E-state index contributed by atoms with van der Waals surface area (Å²) in [6, 6.07) is 23.2. The highest BCUT2D eigenvalue weighted by atomic mass is 16.5. The van der Waals surface area contributed by atoms with Gasteiger partial charge >= 0.3 is 5.63 Å². The Morgan fingerprint density at radius 3 is 2.43 bits per heavy atom. The van der Waals surface area contributed by atoms with Crippen LogP contribution in [0, 0.1) is 0 Å². The molecule has 0 aliphatic heterocycles. The predicted molar refractivity (Wildman–Crippen MR) is 109 cm³/mol. The molecule has 0 aliphatic rings. The number of fused-ring (bicyclic) bond motifs is 1. The summed E-state index contributed by atoms with van der Waals surface area (Å²) in [4.78, 5) is 24.8. The van der Waals surface area contributed by atoms with Crippen LogP contribution in [0.3, 0.4) is 0 Å². The van der Waals surface area contributed by atoms with E-state index in [0.717, 1.165) is 10.9 Å². The molecule has 28 heavy (non-hydrogen) atoms. The molecule has 5 heteroatoms. The topological polar surface area (TPSA) is 68.5 Å². The maximum Gasteiger partial charge on any atom is 0.344 e. The van der Waals surface area contributed by atoms with Crippen LogP contribution in [0.4, 0.5) is 5.69 Å². The van der Waals surface area contributed by atoms with E-state index >= 15 is 0 Å². The highest BCUT2D eigenvalue weighted by Crippen LogP contribution is 2.24. The molecule has 0 saturated heterocycles. The smallest absolute Gasteiger partial charge is 0.344 e. The zero-order chi connectivity index (χ0) is 19.5. The third-order valence-corrected chi connectivity index (χ3v) is 4.45. The van der Waals surface area contributed by atoms with Crippen LogP contribution in [0.25, 0.3) is 22.1 Å². The van der Waals surface area contributed by atoms with Crippen molar-refractivity contribution in [1.82, 2.24) is 0 Å². The average Bonchev–Trinajstić information content (AvgIpc) is 2.74. The number of rotatable bonds is 4. The number of ether oxygens (including phenoxy) is 1. The van der Waals surface area contributed by atoms with Gasteiger partial charge in [-0.3, -0.25) is 4.79 Å².